The maximum atomic E-state index is 12.4. The molecule has 2 aromatic rings. The second-order valence-corrected chi connectivity index (χ2v) is 6.32. The highest BCUT2D eigenvalue weighted by Gasteiger charge is 2.28. The van der Waals surface area contributed by atoms with E-state index in [4.69, 9.17) is 4.74 Å². The van der Waals surface area contributed by atoms with Crippen molar-refractivity contribution in [2.24, 2.45) is 0 Å². The summed E-state index contributed by atoms with van der Waals surface area (Å²) in [7, 11) is 0. The highest BCUT2D eigenvalue weighted by molar-refractivity contribution is 9.10. The number of aryl methyl sites for hydroxylation is 1. The molecule has 0 aliphatic carbocycles. The zero-order chi connectivity index (χ0) is 15.5. The van der Waals surface area contributed by atoms with Crippen LogP contribution < -0.4 is 4.74 Å². The monoisotopic (exact) mass is 360 g/mol. The van der Waals surface area contributed by atoms with E-state index in [9.17, 15) is 4.79 Å². The fraction of sp³-hybridized carbons (Fsp3) is 0.294. The molecule has 114 valence electrons. The molecule has 1 aromatic heterocycles. The van der Waals surface area contributed by atoms with E-state index in [0.717, 1.165) is 16.6 Å². The topological polar surface area (TPSA) is 42.4 Å². The van der Waals surface area contributed by atoms with Crippen LogP contribution in [0.15, 0.2) is 46.9 Å². The summed E-state index contributed by atoms with van der Waals surface area (Å²) in [5.74, 6) is 0.679. The van der Waals surface area contributed by atoms with E-state index in [1.807, 2.05) is 54.3 Å². The Morgan fingerprint density at radius 2 is 2.05 bits per heavy atom. The van der Waals surface area contributed by atoms with Crippen LogP contribution in [0.2, 0.25) is 0 Å². The third-order valence-corrected chi connectivity index (χ3v) is 4.20. The van der Waals surface area contributed by atoms with Crippen molar-refractivity contribution in [2.45, 2.75) is 19.4 Å². The number of halogens is 1. The van der Waals surface area contributed by atoms with Gasteiger partial charge in [0.15, 0.2) is 0 Å². The number of amides is 1. The van der Waals surface area contributed by atoms with Gasteiger partial charge < -0.3 is 9.64 Å². The molecule has 4 nitrogen and oxygen atoms in total. The van der Waals surface area contributed by atoms with Crippen molar-refractivity contribution >= 4 is 21.8 Å². The Bertz CT molecular complexity index is 673. The second-order valence-electron chi connectivity index (χ2n) is 5.40. The Morgan fingerprint density at radius 3 is 2.77 bits per heavy atom. The number of likely N-dealkylation sites (tertiary alicyclic amines) is 1. The molecule has 1 amide bonds. The largest absolute Gasteiger partial charge is 0.472 e. The normalized spacial score (nSPS) is 17.5. The molecular formula is C17H17BrN2O2. The summed E-state index contributed by atoms with van der Waals surface area (Å²) in [4.78, 5) is 18.6. The lowest BCUT2D eigenvalue weighted by Crippen LogP contribution is -2.31. The van der Waals surface area contributed by atoms with E-state index in [1.165, 1.54) is 0 Å². The molecule has 1 fully saturated rings. The van der Waals surface area contributed by atoms with Crippen molar-refractivity contribution in [3.05, 3.63) is 58.2 Å². The van der Waals surface area contributed by atoms with Gasteiger partial charge in [0.05, 0.1) is 6.54 Å². The van der Waals surface area contributed by atoms with Gasteiger partial charge in [0.1, 0.15) is 6.10 Å². The van der Waals surface area contributed by atoms with Gasteiger partial charge in [0, 0.05) is 34.8 Å². The van der Waals surface area contributed by atoms with Crippen LogP contribution in [0, 0.1) is 6.92 Å². The van der Waals surface area contributed by atoms with Crippen molar-refractivity contribution < 1.29 is 9.53 Å². The molecule has 0 bridgehead atoms. The fourth-order valence-corrected chi connectivity index (χ4v) is 2.80. The number of ether oxygens (including phenoxy) is 1. The van der Waals surface area contributed by atoms with E-state index in [2.05, 4.69) is 20.9 Å². The third kappa shape index (κ3) is 3.47. The first-order valence-corrected chi connectivity index (χ1v) is 8.06. The van der Waals surface area contributed by atoms with E-state index in [0.29, 0.717) is 24.5 Å². The van der Waals surface area contributed by atoms with Gasteiger partial charge in [-0.1, -0.05) is 22.0 Å². The molecule has 1 atom stereocenters. The number of carbonyl (C=O) groups is 1. The molecule has 1 aliphatic heterocycles. The van der Waals surface area contributed by atoms with Gasteiger partial charge in [-0.2, -0.15) is 0 Å². The third-order valence-electron chi connectivity index (χ3n) is 3.67. The van der Waals surface area contributed by atoms with Crippen molar-refractivity contribution in [2.75, 3.05) is 13.1 Å². The highest BCUT2D eigenvalue weighted by atomic mass is 79.9. The molecule has 0 saturated carbocycles. The van der Waals surface area contributed by atoms with Gasteiger partial charge in [0.2, 0.25) is 5.88 Å². The maximum Gasteiger partial charge on any atom is 0.253 e. The van der Waals surface area contributed by atoms with Crippen LogP contribution in [0.25, 0.3) is 0 Å². The summed E-state index contributed by atoms with van der Waals surface area (Å²) in [6, 6.07) is 13.2. The molecule has 0 radical (unpaired) electrons. The molecule has 22 heavy (non-hydrogen) atoms. The molecule has 0 N–H and O–H groups in total. The predicted octanol–water partition coefficient (Wildman–Crippen LogP) is 3.45. The molecule has 0 unspecified atom stereocenters. The Hall–Kier alpha value is -1.88. The molecule has 0 spiro atoms. The second kappa shape index (κ2) is 6.48. The summed E-state index contributed by atoms with van der Waals surface area (Å²) < 4.78 is 6.85. The standard InChI is InChI=1S/C17H17BrN2O2/c1-12-3-2-4-16(19-12)22-15-9-10-20(11-15)17(21)13-5-7-14(18)8-6-13/h2-8,15H,9-11H2,1H3/t15-/m0/s1. The smallest absolute Gasteiger partial charge is 0.253 e. The minimum Gasteiger partial charge on any atom is -0.472 e. The Balaban J connectivity index is 1.62. The van der Waals surface area contributed by atoms with Gasteiger partial charge >= 0.3 is 0 Å². The Labute approximate surface area is 138 Å². The summed E-state index contributed by atoms with van der Waals surface area (Å²) in [5.41, 5.74) is 1.64. The number of nitrogens with zero attached hydrogens (tertiary/aromatic N) is 2. The SMILES string of the molecule is Cc1cccc(O[C@H]2CCN(C(=O)c3ccc(Br)cc3)C2)n1. The fourth-order valence-electron chi connectivity index (χ4n) is 2.54. The zero-order valence-corrected chi connectivity index (χ0v) is 13.9. The summed E-state index contributed by atoms with van der Waals surface area (Å²) in [6.45, 7) is 3.25. The number of carbonyl (C=O) groups excluding carboxylic acids is 1. The first kappa shape index (κ1) is 15.0. The van der Waals surface area contributed by atoms with Crippen LogP contribution in [0.1, 0.15) is 22.5 Å². The first-order chi connectivity index (χ1) is 10.6. The molecule has 1 aliphatic rings. The zero-order valence-electron chi connectivity index (χ0n) is 12.3. The number of hydrogen-bond acceptors (Lipinski definition) is 3. The van der Waals surface area contributed by atoms with Crippen molar-refractivity contribution in [1.29, 1.82) is 0 Å². The van der Waals surface area contributed by atoms with Gasteiger partial charge in [-0.3, -0.25) is 4.79 Å². The Morgan fingerprint density at radius 1 is 1.27 bits per heavy atom. The van der Waals surface area contributed by atoms with Gasteiger partial charge in [-0.25, -0.2) is 4.98 Å². The average molecular weight is 361 g/mol. The predicted molar refractivity (Wildman–Crippen MR) is 88.1 cm³/mol. The molecular weight excluding hydrogens is 344 g/mol. The molecule has 1 saturated heterocycles. The van der Waals surface area contributed by atoms with Crippen LogP contribution in [0.4, 0.5) is 0 Å². The van der Waals surface area contributed by atoms with Gasteiger partial charge in [0.25, 0.3) is 5.91 Å². The van der Waals surface area contributed by atoms with Crippen molar-refractivity contribution in [3.8, 4) is 5.88 Å². The molecule has 3 rings (SSSR count). The number of hydrogen-bond donors (Lipinski definition) is 0. The lowest BCUT2D eigenvalue weighted by atomic mass is 10.2. The quantitative estimate of drug-likeness (QED) is 0.841. The average Bonchev–Trinajstić information content (AvgIpc) is 2.96. The van der Waals surface area contributed by atoms with Crippen LogP contribution in [0.5, 0.6) is 5.88 Å². The molecule has 5 heteroatoms. The molecule has 1 aromatic carbocycles. The summed E-state index contributed by atoms with van der Waals surface area (Å²) in [5, 5.41) is 0. The lowest BCUT2D eigenvalue weighted by molar-refractivity contribution is 0.0771. The van der Waals surface area contributed by atoms with E-state index in [-0.39, 0.29) is 12.0 Å². The van der Waals surface area contributed by atoms with Crippen molar-refractivity contribution in [3.63, 3.8) is 0 Å². The van der Waals surface area contributed by atoms with Crippen LogP contribution in [0.3, 0.4) is 0 Å². The van der Waals surface area contributed by atoms with Gasteiger partial charge in [-0.05, 0) is 37.3 Å². The van der Waals surface area contributed by atoms with Crippen LogP contribution >= 0.6 is 15.9 Å². The minimum atomic E-state index is 0.00805. The van der Waals surface area contributed by atoms with Gasteiger partial charge in [-0.15, -0.1) is 0 Å². The molecule has 2 heterocycles. The highest BCUT2D eigenvalue weighted by Crippen LogP contribution is 2.19. The first-order valence-electron chi connectivity index (χ1n) is 7.27. The lowest BCUT2D eigenvalue weighted by Gasteiger charge is -2.17. The summed E-state index contributed by atoms with van der Waals surface area (Å²) in [6.07, 6.45) is 0.839. The Kier molecular flexibility index (Phi) is 4.43. The van der Waals surface area contributed by atoms with E-state index >= 15 is 0 Å². The number of aromatic nitrogens is 1. The minimum absolute atomic E-state index is 0.00805. The number of rotatable bonds is 3. The maximum absolute atomic E-state index is 12.4. The summed E-state index contributed by atoms with van der Waals surface area (Å²) >= 11 is 3.38. The van der Waals surface area contributed by atoms with Crippen LogP contribution in [-0.4, -0.2) is 35.0 Å². The van der Waals surface area contributed by atoms with Crippen molar-refractivity contribution in [1.82, 2.24) is 9.88 Å². The van der Waals surface area contributed by atoms with Crippen LogP contribution in [-0.2, 0) is 0 Å². The van der Waals surface area contributed by atoms with E-state index < -0.39 is 0 Å². The number of pyridine rings is 1. The number of benzene rings is 1. The van der Waals surface area contributed by atoms with E-state index in [1.54, 1.807) is 0 Å².